The third-order valence-corrected chi connectivity index (χ3v) is 31.2. The van der Waals surface area contributed by atoms with Crippen LogP contribution in [-0.4, -0.2) is 230 Å². The van der Waals surface area contributed by atoms with Crippen LogP contribution in [0.1, 0.15) is 124 Å². The molecule has 48 heteroatoms. The zero-order valence-corrected chi connectivity index (χ0v) is 87.3. The first-order chi connectivity index (χ1) is 68.6. The Bertz CT molecular complexity index is 6720. The number of aromatic nitrogens is 24. The lowest BCUT2D eigenvalue weighted by atomic mass is 10.2. The van der Waals surface area contributed by atoms with Crippen molar-refractivity contribution < 1.29 is 71.6 Å². The fourth-order valence-corrected chi connectivity index (χ4v) is 20.2. The molecule has 144 heavy (non-hydrogen) atoms. The molecule has 44 nitrogen and oxygen atoms in total. The van der Waals surface area contributed by atoms with Gasteiger partial charge < -0.3 is 37.9 Å². The largest absolute Gasteiger partial charge is 0.494 e. The zero-order valence-electron chi connectivity index (χ0n) is 84.0. The Kier molecular flexibility index (Phi) is 33.0. The van der Waals surface area contributed by atoms with Crippen molar-refractivity contribution in [3.05, 3.63) is 241 Å². The van der Waals surface area contributed by atoms with Gasteiger partial charge in [-0.25, -0.2) is 33.7 Å². The molecule has 12 heterocycles. The van der Waals surface area contributed by atoms with Crippen LogP contribution in [0.25, 0.3) is 68.3 Å². The summed E-state index contributed by atoms with van der Waals surface area (Å²) in [5.41, 5.74) is 11.8. The number of para-hydroxylation sites is 4. The molecule has 4 N–H and O–H groups in total. The van der Waals surface area contributed by atoms with Crippen LogP contribution in [0.15, 0.2) is 196 Å². The fourth-order valence-electron chi connectivity index (χ4n) is 15.3. The smallest absolute Gasteiger partial charge is 0.243 e. The van der Waals surface area contributed by atoms with Gasteiger partial charge in [-0.05, 0) is 228 Å². The fraction of sp³-hybridized carbons (Fsp3) is 0.333. The van der Waals surface area contributed by atoms with Crippen LogP contribution in [0.3, 0.4) is 0 Å². The Morgan fingerprint density at radius 2 is 0.417 bits per heavy atom. The van der Waals surface area contributed by atoms with E-state index in [-0.39, 0.29) is 23.8 Å². The third-order valence-electron chi connectivity index (χ3n) is 23.9. The quantitative estimate of drug-likeness (QED) is 0.0283. The average molecular weight is 2050 g/mol. The van der Waals surface area contributed by atoms with Gasteiger partial charge in [0.1, 0.15) is 68.7 Å². The van der Waals surface area contributed by atoms with Gasteiger partial charge in [-0.3, -0.25) is 75.8 Å². The van der Waals surface area contributed by atoms with Gasteiger partial charge in [0.2, 0.25) is 63.9 Å². The zero-order chi connectivity index (χ0) is 104. The first-order valence-electron chi connectivity index (χ1n) is 45.1. The highest BCUT2D eigenvalue weighted by molar-refractivity contribution is 7.94. The van der Waals surface area contributed by atoms with Crippen LogP contribution >= 0.6 is 0 Å². The Hall–Kier alpha value is -15.7. The van der Waals surface area contributed by atoms with Crippen molar-refractivity contribution >= 4 is 63.9 Å². The lowest BCUT2D eigenvalue weighted by molar-refractivity contribution is 0.391. The van der Waals surface area contributed by atoms with Gasteiger partial charge in [0.25, 0.3) is 0 Å². The summed E-state index contributed by atoms with van der Waals surface area (Å²) in [5, 5.41) is 47.9. The molecule has 12 aromatic heterocycles. The van der Waals surface area contributed by atoms with E-state index in [2.05, 4.69) is 100 Å². The van der Waals surface area contributed by atoms with E-state index in [0.29, 0.717) is 114 Å². The first kappa shape index (κ1) is 106. The van der Waals surface area contributed by atoms with Gasteiger partial charge in [-0.2, -0.15) is 20.4 Å². The van der Waals surface area contributed by atoms with Crippen molar-refractivity contribution in [1.29, 1.82) is 0 Å². The number of anilines is 4. The van der Waals surface area contributed by atoms with E-state index in [1.807, 2.05) is 104 Å². The number of sulfonamides is 4. The molecule has 0 aliphatic heterocycles. The lowest BCUT2D eigenvalue weighted by Crippen LogP contribution is -2.33. The van der Waals surface area contributed by atoms with Gasteiger partial charge in [0.05, 0.1) is 127 Å². The number of methoxy groups -OCH3 is 8. The summed E-state index contributed by atoms with van der Waals surface area (Å²) in [6, 6.07) is 26.9. The summed E-state index contributed by atoms with van der Waals surface area (Å²) < 4.78 is 176. The SMILES string of the molecule is COc1cccc(OC)c1-n1c(NS(=O)(=O)[C@@H](C)[C@@H](C)n2cc(C)cn2)nnc1-c1cncc(C)c1.COc1cccc(OC)c1-n1c(NS(=O)(=O)[C@@H](C)[C@H](C)n2cc(C)cn2)nnc1-c1cncc(C)c1.COc1cccc(OC)c1-n1c(NS(=O)(=O)[C@H](C)[C@@H](C)n2cc(C)cn2)nnc1-c1cncc(C)c1.COc1cccc(OC)c1-n1c(NS(=O)(=O)[C@H](C)[C@H](C)n2cc(C)cn2)nnc1-c1cncc(C)c1. The third kappa shape index (κ3) is 23.2. The Balaban J connectivity index is 0.000000161. The van der Waals surface area contributed by atoms with E-state index >= 15 is 0 Å². The molecule has 0 unspecified atom stereocenters. The molecule has 16 aromatic rings. The highest BCUT2D eigenvalue weighted by Crippen LogP contribution is 2.44. The van der Waals surface area contributed by atoms with Crippen molar-refractivity contribution in [2.75, 3.05) is 75.8 Å². The summed E-state index contributed by atoms with van der Waals surface area (Å²) in [6.07, 6.45) is 27.4. The Labute approximate surface area is 835 Å². The van der Waals surface area contributed by atoms with Crippen molar-refractivity contribution in [3.8, 4) is 114 Å². The van der Waals surface area contributed by atoms with E-state index < -0.39 is 85.3 Å². The number of hydrogen-bond donors (Lipinski definition) is 4. The number of pyridine rings is 4. The molecular weight excluding hydrogens is 1930 g/mol. The molecule has 4 aromatic carbocycles. The molecule has 760 valence electrons. The van der Waals surface area contributed by atoms with Gasteiger partial charge >= 0.3 is 0 Å². The number of rotatable bonds is 36. The van der Waals surface area contributed by atoms with Crippen LogP contribution in [0, 0.1) is 55.4 Å². The van der Waals surface area contributed by atoms with Crippen molar-refractivity contribution in [1.82, 2.24) is 118 Å². The molecule has 0 saturated carbocycles. The molecule has 8 atom stereocenters. The van der Waals surface area contributed by atoms with E-state index in [1.165, 1.54) is 56.9 Å². The molecule has 0 radical (unpaired) electrons. The number of benzene rings is 4. The first-order valence-corrected chi connectivity index (χ1v) is 51.3. The minimum absolute atomic E-state index is 0.00926. The number of nitrogens with one attached hydrogen (secondary N) is 4. The van der Waals surface area contributed by atoms with Gasteiger partial charge in [-0.15, -0.1) is 40.8 Å². The summed E-state index contributed by atoms with van der Waals surface area (Å²) in [6.45, 7) is 28.9. The van der Waals surface area contributed by atoms with E-state index in [1.54, 1.807) is 240 Å². The molecule has 16 rings (SSSR count). The van der Waals surface area contributed by atoms with E-state index in [0.717, 1.165) is 44.5 Å². The van der Waals surface area contributed by atoms with Gasteiger partial charge in [-0.1, -0.05) is 24.3 Å². The number of nitrogens with zero attached hydrogens (tertiary/aromatic N) is 24. The van der Waals surface area contributed by atoms with E-state index in [9.17, 15) is 33.7 Å². The van der Waals surface area contributed by atoms with Crippen molar-refractivity contribution in [3.63, 3.8) is 0 Å². The number of ether oxygens (including phenoxy) is 8. The van der Waals surface area contributed by atoms with Crippen molar-refractivity contribution in [2.45, 2.75) is 156 Å². The van der Waals surface area contributed by atoms with Crippen LogP contribution in [0.2, 0.25) is 0 Å². The molecular formula is C96H116N28O16S4. The standard InChI is InChI=1S/4C24H29N7O4S/c4*1-15-10-19(13-25-11-15)23-27-28-24(31(23)22-20(34-5)8-7-9-21(22)35-6)29-36(32,33)18(4)17(3)30-14-16(2)12-26-30/h4*7-14,17-18H,1-6H3,(H,28,29)/t2*17-,18+;2*17-,18-/m1010/s1. The summed E-state index contributed by atoms with van der Waals surface area (Å²) in [7, 11) is -3.53. The summed E-state index contributed by atoms with van der Waals surface area (Å²) in [5.74, 6) is 5.04. The summed E-state index contributed by atoms with van der Waals surface area (Å²) in [4.78, 5) is 17.0. The monoisotopic (exact) mass is 2040 g/mol. The maximum absolute atomic E-state index is 13.5. The minimum atomic E-state index is -3.93. The second kappa shape index (κ2) is 45.0. The second-order valence-corrected chi connectivity index (χ2v) is 42.3. The molecule has 0 amide bonds. The minimum Gasteiger partial charge on any atom is -0.494 e. The molecule has 0 aliphatic rings. The van der Waals surface area contributed by atoms with Gasteiger partial charge in [0.15, 0.2) is 23.3 Å². The highest BCUT2D eigenvalue weighted by atomic mass is 32.2. The number of aryl methyl sites for hydroxylation is 8. The van der Waals surface area contributed by atoms with Crippen LogP contribution in [-0.2, 0) is 40.1 Å². The normalized spacial score (nSPS) is 13.3. The molecule has 0 aliphatic carbocycles. The maximum atomic E-state index is 13.5. The van der Waals surface area contributed by atoms with Crippen LogP contribution in [0.4, 0.5) is 23.8 Å². The number of hydrogen-bond acceptors (Lipinski definition) is 32. The predicted molar refractivity (Wildman–Crippen MR) is 544 cm³/mol. The average Bonchev–Trinajstić information content (AvgIpc) is 1.61. The van der Waals surface area contributed by atoms with Crippen LogP contribution in [0.5, 0.6) is 46.0 Å². The Morgan fingerprint density at radius 1 is 0.243 bits per heavy atom. The second-order valence-electron chi connectivity index (χ2n) is 34.1. The molecule has 0 spiro atoms. The summed E-state index contributed by atoms with van der Waals surface area (Å²) >= 11 is 0. The molecule has 0 fully saturated rings. The topological polar surface area (TPSA) is 504 Å². The van der Waals surface area contributed by atoms with Crippen LogP contribution < -0.4 is 56.8 Å². The van der Waals surface area contributed by atoms with Gasteiger partial charge in [0, 0.05) is 96.6 Å². The molecule has 0 bridgehead atoms. The van der Waals surface area contributed by atoms with E-state index in [4.69, 9.17) is 37.9 Å². The van der Waals surface area contributed by atoms with Crippen molar-refractivity contribution in [2.24, 2.45) is 0 Å². The highest BCUT2D eigenvalue weighted by Gasteiger charge is 2.38. The predicted octanol–water partition coefficient (Wildman–Crippen LogP) is 14.2. The molecule has 0 saturated heterocycles. The maximum Gasteiger partial charge on any atom is 0.243 e. The Morgan fingerprint density at radius 3 is 0.562 bits per heavy atom. The lowest BCUT2D eigenvalue weighted by Gasteiger charge is -2.22.